The molecule has 4 N–H and O–H groups in total. The largest absolute Gasteiger partial charge is 0.453 e. The van der Waals surface area contributed by atoms with Crippen molar-refractivity contribution in [1.29, 1.82) is 0 Å². The van der Waals surface area contributed by atoms with Crippen LogP contribution in [0, 0.1) is 11.8 Å². The fourth-order valence-corrected chi connectivity index (χ4v) is 8.99. The van der Waals surface area contributed by atoms with E-state index in [1.165, 1.54) is 7.11 Å². The Balaban J connectivity index is 0.998. The van der Waals surface area contributed by atoms with E-state index in [4.69, 9.17) is 19.4 Å². The van der Waals surface area contributed by atoms with Crippen LogP contribution in [0.5, 0.6) is 0 Å². The van der Waals surface area contributed by atoms with E-state index in [0.29, 0.717) is 38.4 Å². The first-order valence-corrected chi connectivity index (χ1v) is 21.4. The first kappa shape index (κ1) is 42.2. The maximum absolute atomic E-state index is 14.0. The van der Waals surface area contributed by atoms with Gasteiger partial charge in [-0.25, -0.2) is 14.8 Å². The van der Waals surface area contributed by atoms with Crippen molar-refractivity contribution in [3.05, 3.63) is 108 Å². The van der Waals surface area contributed by atoms with Crippen LogP contribution >= 0.6 is 0 Å². The zero-order chi connectivity index (χ0) is 43.5. The molecule has 322 valence electrons. The Labute approximate surface area is 360 Å². The zero-order valence-electron chi connectivity index (χ0n) is 35.8. The van der Waals surface area contributed by atoms with E-state index in [-0.39, 0.29) is 41.6 Å². The minimum atomic E-state index is -0.763. The molecule has 8 rings (SSSR count). The molecule has 4 heterocycles. The number of fused-ring (bicyclic) bond motifs is 3. The first-order chi connectivity index (χ1) is 30.1. The van der Waals surface area contributed by atoms with Crippen molar-refractivity contribution in [1.82, 2.24) is 40.4 Å². The number of hydrogen-bond donors (Lipinski definition) is 4. The summed E-state index contributed by atoms with van der Waals surface area (Å²) in [5, 5.41) is 7.70. The monoisotopic (exact) mass is 838 g/mol. The second kappa shape index (κ2) is 18.2. The number of H-pyrrole nitrogens is 2. The molecular weight excluding hydrogens is 785 g/mol. The zero-order valence-corrected chi connectivity index (χ0v) is 35.8. The van der Waals surface area contributed by atoms with Crippen molar-refractivity contribution in [2.75, 3.05) is 33.9 Å². The van der Waals surface area contributed by atoms with Crippen LogP contribution in [0.25, 0.3) is 44.2 Å². The average molecular weight is 839 g/mol. The highest BCUT2D eigenvalue weighted by molar-refractivity contribution is 6.05. The molecular formula is C48H54N8O6. The van der Waals surface area contributed by atoms with E-state index >= 15 is 0 Å². The van der Waals surface area contributed by atoms with Crippen LogP contribution in [-0.2, 0) is 23.9 Å². The number of aromatic nitrogens is 4. The Morgan fingerprint density at radius 2 is 1.60 bits per heavy atom. The Morgan fingerprint density at radius 1 is 0.839 bits per heavy atom. The second-order valence-electron chi connectivity index (χ2n) is 16.7. The number of hydrogen-bond acceptors (Lipinski definition) is 8. The first-order valence-electron chi connectivity index (χ1n) is 21.4. The topological polar surface area (TPSA) is 175 Å². The number of benzene rings is 4. The van der Waals surface area contributed by atoms with E-state index in [1.54, 1.807) is 14.0 Å². The van der Waals surface area contributed by atoms with E-state index < -0.39 is 18.2 Å². The van der Waals surface area contributed by atoms with Gasteiger partial charge in [0.1, 0.15) is 23.7 Å². The Morgan fingerprint density at radius 3 is 2.32 bits per heavy atom. The Hall–Kier alpha value is -6.54. The third kappa shape index (κ3) is 8.51. The van der Waals surface area contributed by atoms with Crippen LogP contribution in [0.15, 0.2) is 91.1 Å². The van der Waals surface area contributed by atoms with Gasteiger partial charge in [0, 0.05) is 37.9 Å². The SMILES string of the molecule is CCC(=O)N[C@@H](C(=O)N1CCC[C@H]1c1ncc(-c2ccc(-c3ccc4c(ccc5[nH]c([C@@H]6C[C@H](COC)CN6C(=O)[C@@H](NC(=O)OC)C(C)C)nc54)c3)cc2)[nH]1)c1ccccc1. The van der Waals surface area contributed by atoms with Gasteiger partial charge in [-0.3, -0.25) is 14.4 Å². The molecule has 0 aliphatic carbocycles. The van der Waals surface area contributed by atoms with Gasteiger partial charge in [-0.2, -0.15) is 0 Å². The number of amides is 4. The molecule has 6 aromatic rings. The minimum Gasteiger partial charge on any atom is -0.453 e. The Bertz CT molecular complexity index is 2570. The predicted molar refractivity (Wildman–Crippen MR) is 237 cm³/mol. The number of imidazole rings is 2. The van der Waals surface area contributed by atoms with Crippen LogP contribution in [0.3, 0.4) is 0 Å². The third-order valence-corrected chi connectivity index (χ3v) is 12.2. The summed E-state index contributed by atoms with van der Waals surface area (Å²) in [5.74, 6) is 0.897. The highest BCUT2D eigenvalue weighted by Crippen LogP contribution is 2.38. The fourth-order valence-electron chi connectivity index (χ4n) is 8.99. The second-order valence-corrected chi connectivity index (χ2v) is 16.7. The molecule has 0 spiro atoms. The standard InChI is InChI=1S/C48H54N8O6/c1-6-40(57)52-42(32-11-8-7-9-12-32)47(59)55-22-10-13-38(55)44-49-25-37(51-44)31-16-14-30(15-17-31)33-18-20-35-34(24-33)19-21-36-43(35)53-45(50-36)39-23-29(27-61-4)26-56(39)46(58)41(28(2)3)54-48(60)62-5/h7-9,11-12,14-21,24-25,28-29,38-39,41-42H,6,10,13,22-23,26-27H2,1-5H3,(H,49,51)(H,50,53)(H,52,57)(H,54,60)/t29-,38-,39-,41-,42+/m0/s1. The van der Waals surface area contributed by atoms with Gasteiger partial charge in [-0.15, -0.1) is 0 Å². The molecule has 2 aliphatic rings. The van der Waals surface area contributed by atoms with E-state index in [9.17, 15) is 19.2 Å². The molecule has 2 aliphatic heterocycles. The van der Waals surface area contributed by atoms with Crippen LogP contribution < -0.4 is 10.6 Å². The number of carbonyl (C=O) groups excluding carboxylic acids is 4. The lowest BCUT2D eigenvalue weighted by molar-refractivity contribution is -0.137. The molecule has 14 nitrogen and oxygen atoms in total. The molecule has 2 saturated heterocycles. The lowest BCUT2D eigenvalue weighted by Gasteiger charge is -2.30. The highest BCUT2D eigenvalue weighted by atomic mass is 16.5. The third-order valence-electron chi connectivity index (χ3n) is 12.2. The van der Waals surface area contributed by atoms with Gasteiger partial charge in [0.15, 0.2) is 0 Å². The van der Waals surface area contributed by atoms with Crippen LogP contribution in [0.2, 0.25) is 0 Å². The summed E-state index contributed by atoms with van der Waals surface area (Å²) >= 11 is 0. The normalized spacial score (nSPS) is 18.6. The molecule has 2 aromatic heterocycles. The van der Waals surface area contributed by atoms with E-state index in [1.807, 2.05) is 66.2 Å². The fraction of sp³-hybridized carbons (Fsp3) is 0.375. The average Bonchev–Trinajstić information content (AvgIpc) is 4.13. The summed E-state index contributed by atoms with van der Waals surface area (Å²) in [4.78, 5) is 73.2. The highest BCUT2D eigenvalue weighted by Gasteiger charge is 2.42. The molecule has 14 heteroatoms. The van der Waals surface area contributed by atoms with Gasteiger partial charge in [0.25, 0.3) is 0 Å². The number of carbonyl (C=O) groups is 4. The maximum Gasteiger partial charge on any atom is 0.407 e. The molecule has 4 aromatic carbocycles. The lowest BCUT2D eigenvalue weighted by Crippen LogP contribution is -2.51. The molecule has 5 atom stereocenters. The number of methoxy groups -OCH3 is 2. The van der Waals surface area contributed by atoms with Crippen LogP contribution in [-0.4, -0.2) is 93.5 Å². The molecule has 2 fully saturated rings. The van der Waals surface area contributed by atoms with E-state index in [0.717, 1.165) is 68.4 Å². The van der Waals surface area contributed by atoms with Gasteiger partial charge in [-0.1, -0.05) is 93.6 Å². The van der Waals surface area contributed by atoms with Gasteiger partial charge in [-0.05, 0) is 65.0 Å². The maximum atomic E-state index is 14.0. The number of ether oxygens (including phenoxy) is 2. The smallest absolute Gasteiger partial charge is 0.407 e. The van der Waals surface area contributed by atoms with Crippen molar-refractivity contribution >= 4 is 45.6 Å². The Kier molecular flexibility index (Phi) is 12.4. The van der Waals surface area contributed by atoms with Crippen molar-refractivity contribution in [3.63, 3.8) is 0 Å². The van der Waals surface area contributed by atoms with Crippen LogP contribution in [0.1, 0.15) is 81.8 Å². The molecule has 4 amide bonds. The van der Waals surface area contributed by atoms with Crippen molar-refractivity contribution < 1.29 is 28.7 Å². The summed E-state index contributed by atoms with van der Waals surface area (Å²) in [6, 6.07) is 26.1. The molecule has 0 saturated carbocycles. The molecule has 62 heavy (non-hydrogen) atoms. The predicted octanol–water partition coefficient (Wildman–Crippen LogP) is 7.62. The summed E-state index contributed by atoms with van der Waals surface area (Å²) < 4.78 is 10.3. The summed E-state index contributed by atoms with van der Waals surface area (Å²) in [6.07, 6.45) is 3.76. The summed E-state index contributed by atoms with van der Waals surface area (Å²) in [6.45, 7) is 7.16. The van der Waals surface area contributed by atoms with Gasteiger partial charge >= 0.3 is 6.09 Å². The van der Waals surface area contributed by atoms with Crippen molar-refractivity contribution in [2.45, 2.75) is 70.6 Å². The summed E-state index contributed by atoms with van der Waals surface area (Å²) in [7, 11) is 2.95. The van der Waals surface area contributed by atoms with Gasteiger partial charge < -0.3 is 39.9 Å². The number of nitrogens with zero attached hydrogens (tertiary/aromatic N) is 4. The van der Waals surface area contributed by atoms with Crippen LogP contribution in [0.4, 0.5) is 4.79 Å². The summed E-state index contributed by atoms with van der Waals surface area (Å²) in [5.41, 5.74) is 6.40. The number of alkyl carbamates (subject to hydrolysis) is 1. The molecule has 0 bridgehead atoms. The number of likely N-dealkylation sites (tertiary alicyclic amines) is 2. The van der Waals surface area contributed by atoms with Crippen molar-refractivity contribution in [3.8, 4) is 22.4 Å². The molecule has 0 unspecified atom stereocenters. The lowest BCUT2D eigenvalue weighted by atomic mass is 9.99. The molecule has 0 radical (unpaired) electrons. The minimum absolute atomic E-state index is 0.114. The quantitative estimate of drug-likeness (QED) is 0.0919. The van der Waals surface area contributed by atoms with Gasteiger partial charge in [0.2, 0.25) is 17.7 Å². The number of aromatic amines is 2. The van der Waals surface area contributed by atoms with E-state index in [2.05, 4.69) is 69.1 Å². The number of rotatable bonds is 13. The number of nitrogens with one attached hydrogen (secondary N) is 4. The van der Waals surface area contributed by atoms with Crippen molar-refractivity contribution in [2.24, 2.45) is 11.8 Å². The van der Waals surface area contributed by atoms with Gasteiger partial charge in [0.05, 0.1) is 48.7 Å².